The van der Waals surface area contributed by atoms with Gasteiger partial charge in [-0.25, -0.2) is 9.50 Å². The molecule has 1 fully saturated rings. The molecule has 1 saturated heterocycles. The van der Waals surface area contributed by atoms with E-state index in [0.717, 1.165) is 12.0 Å². The number of aromatic nitrogens is 4. The molecule has 3 aromatic rings. The molecule has 7 nitrogen and oxygen atoms in total. The van der Waals surface area contributed by atoms with E-state index >= 15 is 0 Å². The molecular weight excluding hydrogens is 306 g/mol. The Morgan fingerprint density at radius 3 is 2.88 bits per heavy atom. The molecule has 3 aromatic heterocycles. The molecule has 1 N–H and O–H groups in total. The molecule has 0 radical (unpaired) electrons. The van der Waals surface area contributed by atoms with Crippen LogP contribution in [0.5, 0.6) is 0 Å². The molecule has 0 aromatic carbocycles. The summed E-state index contributed by atoms with van der Waals surface area (Å²) in [5.74, 6) is -0.150. The molecule has 4 rings (SSSR count). The molecule has 7 heteroatoms. The van der Waals surface area contributed by atoms with Gasteiger partial charge in [0, 0.05) is 49.9 Å². The quantitative estimate of drug-likeness (QED) is 0.771. The third-order valence-corrected chi connectivity index (χ3v) is 4.40. The number of pyridine rings is 1. The molecule has 0 spiro atoms. The SMILES string of the molecule is O=C(c1cc2ncccn2n1)N1C[C@@H](Cc2ccncc2)[C@@H](O)C1. The Hall–Kier alpha value is -2.80. The third kappa shape index (κ3) is 2.74. The summed E-state index contributed by atoms with van der Waals surface area (Å²) in [5.41, 5.74) is 2.10. The molecule has 0 bridgehead atoms. The minimum atomic E-state index is -0.530. The van der Waals surface area contributed by atoms with E-state index in [2.05, 4.69) is 15.1 Å². The van der Waals surface area contributed by atoms with Crippen molar-refractivity contribution in [2.24, 2.45) is 5.92 Å². The van der Waals surface area contributed by atoms with Crippen LogP contribution in [0.1, 0.15) is 16.1 Å². The molecular formula is C17H17N5O2. The summed E-state index contributed by atoms with van der Waals surface area (Å²) in [6, 6.07) is 7.31. The number of hydrogen-bond donors (Lipinski definition) is 1. The van der Waals surface area contributed by atoms with Crippen LogP contribution in [0.2, 0.25) is 0 Å². The zero-order chi connectivity index (χ0) is 16.5. The lowest BCUT2D eigenvalue weighted by molar-refractivity contribution is 0.0758. The van der Waals surface area contributed by atoms with Crippen LogP contribution in [0.15, 0.2) is 49.1 Å². The Morgan fingerprint density at radius 2 is 2.08 bits per heavy atom. The number of aliphatic hydroxyl groups excluding tert-OH is 1. The van der Waals surface area contributed by atoms with Gasteiger partial charge in [0.15, 0.2) is 11.3 Å². The Kier molecular flexibility index (Phi) is 3.70. The van der Waals surface area contributed by atoms with Crippen LogP contribution >= 0.6 is 0 Å². The monoisotopic (exact) mass is 323 g/mol. The summed E-state index contributed by atoms with van der Waals surface area (Å²) < 4.78 is 1.58. The van der Waals surface area contributed by atoms with Crippen molar-refractivity contribution in [3.05, 3.63) is 60.3 Å². The van der Waals surface area contributed by atoms with Crippen molar-refractivity contribution in [2.75, 3.05) is 13.1 Å². The van der Waals surface area contributed by atoms with Gasteiger partial charge in [0.2, 0.25) is 0 Å². The van der Waals surface area contributed by atoms with E-state index in [0.29, 0.717) is 24.4 Å². The first-order chi connectivity index (χ1) is 11.7. The van der Waals surface area contributed by atoms with Gasteiger partial charge in [-0.05, 0) is 30.2 Å². The van der Waals surface area contributed by atoms with E-state index in [1.54, 1.807) is 46.3 Å². The van der Waals surface area contributed by atoms with Crippen LogP contribution in [0.4, 0.5) is 0 Å². The van der Waals surface area contributed by atoms with E-state index < -0.39 is 6.10 Å². The predicted molar refractivity (Wildman–Crippen MR) is 86.3 cm³/mol. The minimum absolute atomic E-state index is 0.0199. The molecule has 0 saturated carbocycles. The van der Waals surface area contributed by atoms with Crippen molar-refractivity contribution in [2.45, 2.75) is 12.5 Å². The highest BCUT2D eigenvalue weighted by Gasteiger charge is 2.35. The van der Waals surface area contributed by atoms with E-state index in [9.17, 15) is 9.90 Å². The molecule has 1 aliphatic rings. The van der Waals surface area contributed by atoms with E-state index in [1.165, 1.54) is 0 Å². The maximum absolute atomic E-state index is 12.7. The van der Waals surface area contributed by atoms with Crippen LogP contribution in [0, 0.1) is 5.92 Å². The average molecular weight is 323 g/mol. The molecule has 122 valence electrons. The summed E-state index contributed by atoms with van der Waals surface area (Å²) in [7, 11) is 0. The topological polar surface area (TPSA) is 83.6 Å². The highest BCUT2D eigenvalue weighted by molar-refractivity contribution is 5.93. The standard InChI is InChI=1S/C17H17N5O2/c23-15-11-21(10-13(15)8-12-2-5-18-6-3-12)17(24)14-9-16-19-4-1-7-22(16)20-14/h1-7,9,13,15,23H,8,10-11H2/t13-,15+/m1/s1. The fourth-order valence-electron chi connectivity index (χ4n) is 3.14. The van der Waals surface area contributed by atoms with Crippen LogP contribution < -0.4 is 0 Å². The second-order valence-corrected chi connectivity index (χ2v) is 6.05. The lowest BCUT2D eigenvalue weighted by atomic mass is 9.97. The number of β-amino-alcohol motifs (C(OH)–C–C–N with tert-alkyl or cyclic N) is 1. The lowest BCUT2D eigenvalue weighted by Crippen LogP contribution is -2.30. The fraction of sp³-hybridized carbons (Fsp3) is 0.294. The maximum Gasteiger partial charge on any atom is 0.274 e. The first-order valence-electron chi connectivity index (χ1n) is 7.87. The smallest absolute Gasteiger partial charge is 0.274 e. The highest BCUT2D eigenvalue weighted by atomic mass is 16.3. The second-order valence-electron chi connectivity index (χ2n) is 6.05. The van der Waals surface area contributed by atoms with E-state index in [1.807, 2.05) is 12.1 Å². The van der Waals surface area contributed by atoms with Crippen molar-refractivity contribution >= 4 is 11.6 Å². The van der Waals surface area contributed by atoms with Gasteiger partial charge in [0.1, 0.15) is 0 Å². The van der Waals surface area contributed by atoms with Crippen LogP contribution in [0.25, 0.3) is 5.65 Å². The number of hydrogen-bond acceptors (Lipinski definition) is 5. The number of amides is 1. The Bertz CT molecular complexity index is 831. The summed E-state index contributed by atoms with van der Waals surface area (Å²) in [6.07, 6.45) is 7.09. The molecule has 0 aliphatic carbocycles. The van der Waals surface area contributed by atoms with Crippen molar-refractivity contribution < 1.29 is 9.90 Å². The highest BCUT2D eigenvalue weighted by Crippen LogP contribution is 2.23. The number of nitrogens with zero attached hydrogens (tertiary/aromatic N) is 5. The molecule has 1 amide bonds. The van der Waals surface area contributed by atoms with Gasteiger partial charge in [-0.3, -0.25) is 9.78 Å². The Balaban J connectivity index is 1.49. The number of rotatable bonds is 3. The number of likely N-dealkylation sites (tertiary alicyclic amines) is 1. The zero-order valence-corrected chi connectivity index (χ0v) is 13.0. The van der Waals surface area contributed by atoms with Gasteiger partial charge in [0.05, 0.1) is 6.10 Å². The third-order valence-electron chi connectivity index (χ3n) is 4.40. The van der Waals surface area contributed by atoms with Gasteiger partial charge in [-0.1, -0.05) is 0 Å². The van der Waals surface area contributed by atoms with Crippen molar-refractivity contribution in [1.82, 2.24) is 24.5 Å². The van der Waals surface area contributed by atoms with E-state index in [-0.39, 0.29) is 11.8 Å². The number of fused-ring (bicyclic) bond motifs is 1. The fourth-order valence-corrected chi connectivity index (χ4v) is 3.14. The van der Waals surface area contributed by atoms with Gasteiger partial charge in [0.25, 0.3) is 5.91 Å². The summed E-state index contributed by atoms with van der Waals surface area (Å²) in [6.45, 7) is 0.847. The maximum atomic E-state index is 12.7. The van der Waals surface area contributed by atoms with E-state index in [4.69, 9.17) is 0 Å². The van der Waals surface area contributed by atoms with Gasteiger partial charge < -0.3 is 10.0 Å². The zero-order valence-electron chi connectivity index (χ0n) is 13.0. The average Bonchev–Trinajstić information content (AvgIpc) is 3.19. The van der Waals surface area contributed by atoms with Crippen molar-refractivity contribution in [1.29, 1.82) is 0 Å². The largest absolute Gasteiger partial charge is 0.391 e. The molecule has 0 unspecified atom stereocenters. The normalized spacial score (nSPS) is 20.6. The first-order valence-corrected chi connectivity index (χ1v) is 7.87. The van der Waals surface area contributed by atoms with Crippen molar-refractivity contribution in [3.8, 4) is 0 Å². The van der Waals surface area contributed by atoms with Crippen LogP contribution in [-0.4, -0.2) is 54.7 Å². The van der Waals surface area contributed by atoms with Crippen LogP contribution in [-0.2, 0) is 6.42 Å². The lowest BCUT2D eigenvalue weighted by Gasteiger charge is -2.14. The second kappa shape index (κ2) is 6.01. The number of carbonyl (C=O) groups excluding carboxylic acids is 1. The summed E-state index contributed by atoms with van der Waals surface area (Å²) >= 11 is 0. The minimum Gasteiger partial charge on any atom is -0.391 e. The van der Waals surface area contributed by atoms with Crippen molar-refractivity contribution in [3.63, 3.8) is 0 Å². The number of carbonyl (C=O) groups is 1. The molecule has 24 heavy (non-hydrogen) atoms. The summed E-state index contributed by atoms with van der Waals surface area (Å²) in [4.78, 5) is 22.5. The molecule has 1 aliphatic heterocycles. The van der Waals surface area contributed by atoms with Gasteiger partial charge >= 0.3 is 0 Å². The predicted octanol–water partition coefficient (Wildman–Crippen LogP) is 0.800. The molecule has 4 heterocycles. The first kappa shape index (κ1) is 14.8. The van der Waals surface area contributed by atoms with Gasteiger partial charge in [-0.2, -0.15) is 5.10 Å². The summed E-state index contributed by atoms with van der Waals surface area (Å²) in [5, 5.41) is 14.6. The Morgan fingerprint density at radius 1 is 1.25 bits per heavy atom. The Labute approximate surface area is 138 Å². The van der Waals surface area contributed by atoms with Crippen LogP contribution in [0.3, 0.4) is 0 Å². The number of aliphatic hydroxyl groups is 1. The van der Waals surface area contributed by atoms with Gasteiger partial charge in [-0.15, -0.1) is 0 Å². The molecule has 2 atom stereocenters.